The van der Waals surface area contributed by atoms with E-state index in [1.165, 1.54) is 6.07 Å². The van der Waals surface area contributed by atoms with Crippen molar-refractivity contribution < 1.29 is 10.2 Å². The number of rotatable bonds is 2. The van der Waals surface area contributed by atoms with Gasteiger partial charge in [-0.1, -0.05) is 23.2 Å². The van der Waals surface area contributed by atoms with Gasteiger partial charge in [0, 0.05) is 11.6 Å². The van der Waals surface area contributed by atoms with Gasteiger partial charge >= 0.3 is 0 Å². The minimum Gasteiger partial charge on any atom is -0.508 e. The van der Waals surface area contributed by atoms with Crippen LogP contribution in [0.15, 0.2) is 12.1 Å². The summed E-state index contributed by atoms with van der Waals surface area (Å²) >= 11 is 11.8. The summed E-state index contributed by atoms with van der Waals surface area (Å²) < 4.78 is 0. The number of hydrogen-bond acceptors (Lipinski definition) is 3. The van der Waals surface area contributed by atoms with Gasteiger partial charge in [-0.3, -0.25) is 0 Å². The maximum absolute atomic E-state index is 10.7. The van der Waals surface area contributed by atoms with Gasteiger partial charge in [0.05, 0.1) is 15.6 Å². The lowest BCUT2D eigenvalue weighted by molar-refractivity contribution is -0.0203. The van der Waals surface area contributed by atoms with E-state index in [1.807, 2.05) is 0 Å². The number of hydrogen-bond donors (Lipinski definition) is 3. The van der Waals surface area contributed by atoms with Crippen LogP contribution in [0.4, 0.5) is 0 Å². The molecule has 18 heavy (non-hydrogen) atoms. The third-order valence-corrected chi connectivity index (χ3v) is 4.44. The molecule has 0 aliphatic carbocycles. The van der Waals surface area contributed by atoms with Gasteiger partial charge in [-0.2, -0.15) is 0 Å². The molecule has 100 valence electrons. The molecule has 1 aromatic carbocycles. The van der Waals surface area contributed by atoms with Gasteiger partial charge in [0.1, 0.15) is 5.75 Å². The predicted molar refractivity (Wildman–Crippen MR) is 73.3 cm³/mol. The highest BCUT2D eigenvalue weighted by Gasteiger charge is 2.36. The van der Waals surface area contributed by atoms with Crippen LogP contribution in [0.3, 0.4) is 0 Å². The Bertz CT molecular complexity index is 443. The molecule has 1 aliphatic rings. The van der Waals surface area contributed by atoms with E-state index in [-0.39, 0.29) is 11.7 Å². The highest BCUT2D eigenvalue weighted by molar-refractivity contribution is 6.42. The Morgan fingerprint density at radius 3 is 2.39 bits per heavy atom. The fourth-order valence-electron chi connectivity index (χ4n) is 2.55. The number of halogens is 2. The molecule has 0 amide bonds. The van der Waals surface area contributed by atoms with Crippen molar-refractivity contribution in [3.05, 3.63) is 27.7 Å². The fraction of sp³-hybridized carbons (Fsp3) is 0.538. The summed E-state index contributed by atoms with van der Waals surface area (Å²) in [7, 11) is 0. The molecule has 0 saturated carbocycles. The molecule has 1 aromatic rings. The van der Waals surface area contributed by atoms with Crippen molar-refractivity contribution in [2.75, 3.05) is 13.1 Å². The second-order valence-corrected chi connectivity index (χ2v) is 5.77. The van der Waals surface area contributed by atoms with Crippen molar-refractivity contribution in [2.24, 2.45) is 5.92 Å². The number of aromatic hydroxyl groups is 1. The third-order valence-electron chi connectivity index (χ3n) is 3.72. The van der Waals surface area contributed by atoms with Crippen LogP contribution in [0.25, 0.3) is 0 Å². The molecule has 3 nitrogen and oxygen atoms in total. The highest BCUT2D eigenvalue weighted by Crippen LogP contribution is 2.42. The first-order chi connectivity index (χ1) is 8.43. The lowest BCUT2D eigenvalue weighted by atomic mass is 9.77. The lowest BCUT2D eigenvalue weighted by Crippen LogP contribution is -2.39. The number of piperidine rings is 1. The van der Waals surface area contributed by atoms with Crippen molar-refractivity contribution in [1.29, 1.82) is 0 Å². The van der Waals surface area contributed by atoms with Gasteiger partial charge in [0.25, 0.3) is 0 Å². The van der Waals surface area contributed by atoms with E-state index in [9.17, 15) is 10.2 Å². The topological polar surface area (TPSA) is 52.5 Å². The number of phenols is 1. The zero-order chi connectivity index (χ0) is 13.3. The van der Waals surface area contributed by atoms with E-state index in [0.717, 1.165) is 25.9 Å². The number of nitrogens with one attached hydrogen (secondary N) is 1. The molecular formula is C13H17Cl2NO2. The molecule has 1 heterocycles. The van der Waals surface area contributed by atoms with E-state index >= 15 is 0 Å². The van der Waals surface area contributed by atoms with Crippen LogP contribution < -0.4 is 5.32 Å². The molecule has 0 unspecified atom stereocenters. The summed E-state index contributed by atoms with van der Waals surface area (Å²) in [6, 6.07) is 2.94. The van der Waals surface area contributed by atoms with Gasteiger partial charge in [0.2, 0.25) is 0 Å². The van der Waals surface area contributed by atoms with Gasteiger partial charge in [-0.15, -0.1) is 0 Å². The van der Waals surface area contributed by atoms with Crippen LogP contribution in [0.5, 0.6) is 5.75 Å². The second-order valence-electron chi connectivity index (χ2n) is 4.96. The van der Waals surface area contributed by atoms with E-state index in [0.29, 0.717) is 15.6 Å². The second kappa shape index (κ2) is 5.25. The maximum Gasteiger partial charge on any atom is 0.123 e. The Morgan fingerprint density at radius 2 is 1.78 bits per heavy atom. The molecule has 3 N–H and O–H groups in total. The summed E-state index contributed by atoms with van der Waals surface area (Å²) in [5.41, 5.74) is -0.649. The third kappa shape index (κ3) is 2.59. The summed E-state index contributed by atoms with van der Waals surface area (Å²) in [4.78, 5) is 0. The molecule has 0 spiro atoms. The zero-order valence-electron chi connectivity index (χ0n) is 10.2. The molecule has 5 heteroatoms. The molecule has 1 saturated heterocycles. The molecule has 1 fully saturated rings. The summed E-state index contributed by atoms with van der Waals surface area (Å²) in [5.74, 6) is 0.0924. The Hall–Kier alpha value is -0.480. The summed E-state index contributed by atoms with van der Waals surface area (Å²) in [6.07, 6.45) is 1.74. The molecule has 0 radical (unpaired) electrons. The van der Waals surface area contributed by atoms with Crippen molar-refractivity contribution >= 4 is 23.2 Å². The average Bonchev–Trinajstić information content (AvgIpc) is 2.34. The van der Waals surface area contributed by atoms with Crippen molar-refractivity contribution in [3.63, 3.8) is 0 Å². The van der Waals surface area contributed by atoms with Crippen molar-refractivity contribution in [2.45, 2.75) is 25.4 Å². The van der Waals surface area contributed by atoms with E-state index in [2.05, 4.69) is 5.32 Å². The van der Waals surface area contributed by atoms with Crippen LogP contribution in [0.2, 0.25) is 10.0 Å². The average molecular weight is 290 g/mol. The Labute approximate surface area is 117 Å². The zero-order valence-corrected chi connectivity index (χ0v) is 11.7. The van der Waals surface area contributed by atoms with Gasteiger partial charge in [0.15, 0.2) is 0 Å². The highest BCUT2D eigenvalue weighted by atomic mass is 35.5. The normalized spacial score (nSPS) is 20.7. The molecule has 1 atom stereocenters. The standard InChI is InChI=1S/C13H17Cl2NO2/c1-13(18,8-2-4-16-5-3-8)9-6-10(14)11(15)7-12(9)17/h6-8,16-18H,2-5H2,1H3/t13-/m1/s1. The lowest BCUT2D eigenvalue weighted by Gasteiger charge is -2.36. The smallest absolute Gasteiger partial charge is 0.123 e. The summed E-state index contributed by atoms with van der Waals surface area (Å²) in [5, 5.41) is 24.6. The molecule has 0 aromatic heterocycles. The molecule has 1 aliphatic heterocycles. The Balaban J connectivity index is 2.36. The molecule has 0 bridgehead atoms. The van der Waals surface area contributed by atoms with E-state index in [4.69, 9.17) is 23.2 Å². The minimum absolute atomic E-state index is 0.00654. The van der Waals surface area contributed by atoms with Crippen LogP contribution in [-0.4, -0.2) is 23.3 Å². The van der Waals surface area contributed by atoms with Crippen molar-refractivity contribution in [3.8, 4) is 5.75 Å². The monoisotopic (exact) mass is 289 g/mol. The molecular weight excluding hydrogens is 273 g/mol. The Morgan fingerprint density at radius 1 is 1.22 bits per heavy atom. The minimum atomic E-state index is -1.10. The first-order valence-corrected chi connectivity index (χ1v) is 6.80. The molecule has 2 rings (SSSR count). The maximum atomic E-state index is 10.7. The summed E-state index contributed by atoms with van der Waals surface area (Å²) in [6.45, 7) is 3.48. The Kier molecular flexibility index (Phi) is 4.07. The quantitative estimate of drug-likeness (QED) is 0.785. The first kappa shape index (κ1) is 13.9. The van der Waals surface area contributed by atoms with Gasteiger partial charge in [-0.05, 0) is 44.8 Å². The number of benzene rings is 1. The van der Waals surface area contributed by atoms with E-state index < -0.39 is 5.60 Å². The SMILES string of the molecule is C[C@](O)(c1cc(Cl)c(Cl)cc1O)C1CCNCC1. The van der Waals surface area contributed by atoms with Crippen LogP contribution >= 0.6 is 23.2 Å². The largest absolute Gasteiger partial charge is 0.508 e. The van der Waals surface area contributed by atoms with Crippen LogP contribution in [0, 0.1) is 5.92 Å². The van der Waals surface area contributed by atoms with Crippen LogP contribution in [0.1, 0.15) is 25.3 Å². The van der Waals surface area contributed by atoms with E-state index in [1.54, 1.807) is 13.0 Å². The van der Waals surface area contributed by atoms with Crippen molar-refractivity contribution in [1.82, 2.24) is 5.32 Å². The fourth-order valence-corrected chi connectivity index (χ4v) is 2.87. The first-order valence-electron chi connectivity index (χ1n) is 6.04. The van der Waals surface area contributed by atoms with Crippen LogP contribution in [-0.2, 0) is 5.60 Å². The predicted octanol–water partition coefficient (Wildman–Crippen LogP) is 2.91. The number of aliphatic hydroxyl groups is 1. The number of phenolic OH excluding ortho intramolecular Hbond substituents is 1. The van der Waals surface area contributed by atoms with Gasteiger partial charge in [-0.25, -0.2) is 0 Å². The van der Waals surface area contributed by atoms with Gasteiger partial charge < -0.3 is 15.5 Å².